The summed E-state index contributed by atoms with van der Waals surface area (Å²) in [5, 5.41) is 0.990. The van der Waals surface area contributed by atoms with Gasteiger partial charge < -0.3 is 0 Å². The zero-order valence-electron chi connectivity index (χ0n) is 12.8. The van der Waals surface area contributed by atoms with E-state index < -0.39 is 11.6 Å². The molecule has 1 aliphatic rings. The second kappa shape index (κ2) is 7.15. The van der Waals surface area contributed by atoms with Crippen LogP contribution in [0.1, 0.15) is 5.56 Å². The van der Waals surface area contributed by atoms with Crippen molar-refractivity contribution >= 4 is 57.8 Å². The van der Waals surface area contributed by atoms with E-state index in [-0.39, 0.29) is 16.8 Å². The van der Waals surface area contributed by atoms with E-state index in [1.165, 1.54) is 18.0 Å². The molecule has 25 heavy (non-hydrogen) atoms. The quantitative estimate of drug-likeness (QED) is 0.625. The first-order chi connectivity index (χ1) is 11.9. The van der Waals surface area contributed by atoms with Crippen LogP contribution in [0.15, 0.2) is 46.3 Å². The van der Waals surface area contributed by atoms with Crippen LogP contribution in [0.3, 0.4) is 0 Å². The summed E-state index contributed by atoms with van der Waals surface area (Å²) in [5.41, 5.74) is 0.540. The van der Waals surface area contributed by atoms with Crippen molar-refractivity contribution in [2.24, 2.45) is 4.99 Å². The predicted molar refractivity (Wildman–Crippen MR) is 98.3 cm³/mol. The molecule has 1 fully saturated rings. The van der Waals surface area contributed by atoms with Crippen molar-refractivity contribution in [2.45, 2.75) is 0 Å². The van der Waals surface area contributed by atoms with Gasteiger partial charge in [0.05, 0.1) is 15.0 Å². The number of amidine groups is 1. The smallest absolute Gasteiger partial charge is 0.266 e. The van der Waals surface area contributed by atoms with Gasteiger partial charge in [-0.1, -0.05) is 35.3 Å². The van der Waals surface area contributed by atoms with E-state index in [9.17, 15) is 13.6 Å². The maximum atomic E-state index is 13.8. The lowest BCUT2D eigenvalue weighted by atomic mass is 10.2. The number of amides is 1. The second-order valence-electron chi connectivity index (χ2n) is 5.11. The number of carbonyl (C=O) groups excluding carboxylic acids is 1. The minimum absolute atomic E-state index is 0.0504. The Morgan fingerprint density at radius 3 is 2.68 bits per heavy atom. The lowest BCUT2D eigenvalue weighted by Crippen LogP contribution is -2.23. The Morgan fingerprint density at radius 2 is 1.96 bits per heavy atom. The zero-order valence-corrected chi connectivity index (χ0v) is 15.1. The molecule has 0 bridgehead atoms. The van der Waals surface area contributed by atoms with Gasteiger partial charge in [-0.3, -0.25) is 9.69 Å². The van der Waals surface area contributed by atoms with Crippen molar-refractivity contribution in [1.82, 2.24) is 4.90 Å². The van der Waals surface area contributed by atoms with Crippen LogP contribution < -0.4 is 0 Å². The molecule has 0 atom stereocenters. The number of hydrogen-bond acceptors (Lipinski definition) is 3. The van der Waals surface area contributed by atoms with Crippen LogP contribution in [0, 0.1) is 11.6 Å². The van der Waals surface area contributed by atoms with Crippen LogP contribution in [0.4, 0.5) is 14.5 Å². The number of thioether (sulfide) groups is 1. The number of likely N-dealkylation sites (N-methyl/N-ethyl adjacent to an activating group) is 1. The van der Waals surface area contributed by atoms with E-state index in [0.29, 0.717) is 20.5 Å². The first-order valence-electron chi connectivity index (χ1n) is 7.02. The highest BCUT2D eigenvalue weighted by molar-refractivity contribution is 8.18. The molecule has 128 valence electrons. The molecular weight excluding hydrogens is 389 g/mol. The number of benzene rings is 2. The fraction of sp³-hybridized carbons (Fsp3) is 0.0588. The SMILES string of the molecule is CN1C(=O)/C(=C\c2cccc(Cl)c2Cl)SC1=Nc1ccc(F)cc1F. The highest BCUT2D eigenvalue weighted by Gasteiger charge is 2.30. The molecule has 0 aromatic heterocycles. The molecule has 3 nitrogen and oxygen atoms in total. The first kappa shape index (κ1) is 17.9. The van der Waals surface area contributed by atoms with E-state index in [0.717, 1.165) is 23.9 Å². The summed E-state index contributed by atoms with van der Waals surface area (Å²) in [5.74, 6) is -1.80. The molecular formula is C17H10Cl2F2N2OS. The number of aliphatic imine (C=N–C) groups is 1. The Bertz CT molecular complexity index is 931. The van der Waals surface area contributed by atoms with E-state index >= 15 is 0 Å². The Hall–Kier alpha value is -1.89. The summed E-state index contributed by atoms with van der Waals surface area (Å²) in [6.45, 7) is 0. The van der Waals surface area contributed by atoms with Crippen molar-refractivity contribution in [3.05, 3.63) is 68.5 Å². The molecule has 0 N–H and O–H groups in total. The molecule has 1 heterocycles. The molecule has 8 heteroatoms. The van der Waals surface area contributed by atoms with Crippen LogP contribution in [0.5, 0.6) is 0 Å². The summed E-state index contributed by atoms with van der Waals surface area (Å²) < 4.78 is 26.7. The minimum atomic E-state index is -0.802. The van der Waals surface area contributed by atoms with Crippen molar-refractivity contribution in [3.8, 4) is 0 Å². The van der Waals surface area contributed by atoms with Gasteiger partial charge in [0.1, 0.15) is 11.5 Å². The van der Waals surface area contributed by atoms with Crippen LogP contribution >= 0.6 is 35.0 Å². The molecule has 1 saturated heterocycles. The molecule has 0 spiro atoms. The summed E-state index contributed by atoms with van der Waals surface area (Å²) in [6, 6.07) is 8.15. The van der Waals surface area contributed by atoms with E-state index in [2.05, 4.69) is 4.99 Å². The van der Waals surface area contributed by atoms with Crippen molar-refractivity contribution in [1.29, 1.82) is 0 Å². The van der Waals surface area contributed by atoms with Crippen molar-refractivity contribution in [3.63, 3.8) is 0 Å². The van der Waals surface area contributed by atoms with Gasteiger partial charge in [0.2, 0.25) is 0 Å². The molecule has 1 amide bonds. The second-order valence-corrected chi connectivity index (χ2v) is 6.90. The lowest BCUT2D eigenvalue weighted by molar-refractivity contribution is -0.121. The Morgan fingerprint density at radius 1 is 1.20 bits per heavy atom. The van der Waals surface area contributed by atoms with Gasteiger partial charge >= 0.3 is 0 Å². The highest BCUT2D eigenvalue weighted by Crippen LogP contribution is 2.35. The number of nitrogens with zero attached hydrogens (tertiary/aromatic N) is 2. The summed E-state index contributed by atoms with van der Waals surface area (Å²) in [6.07, 6.45) is 1.60. The highest BCUT2D eigenvalue weighted by atomic mass is 35.5. The van der Waals surface area contributed by atoms with Gasteiger partial charge in [-0.15, -0.1) is 0 Å². The topological polar surface area (TPSA) is 32.7 Å². The summed E-state index contributed by atoms with van der Waals surface area (Å²) in [4.78, 5) is 18.1. The van der Waals surface area contributed by atoms with Gasteiger partial charge in [-0.25, -0.2) is 13.8 Å². The third-order valence-electron chi connectivity index (χ3n) is 3.40. The van der Waals surface area contributed by atoms with Crippen LogP contribution in [-0.4, -0.2) is 23.0 Å². The molecule has 0 radical (unpaired) electrons. The zero-order chi connectivity index (χ0) is 18.1. The van der Waals surface area contributed by atoms with Crippen LogP contribution in [0.25, 0.3) is 6.08 Å². The van der Waals surface area contributed by atoms with E-state index in [1.807, 2.05) is 0 Å². The van der Waals surface area contributed by atoms with Gasteiger partial charge in [0.15, 0.2) is 11.0 Å². The average Bonchev–Trinajstić information content (AvgIpc) is 2.82. The third kappa shape index (κ3) is 3.71. The van der Waals surface area contributed by atoms with E-state index in [4.69, 9.17) is 23.2 Å². The largest absolute Gasteiger partial charge is 0.290 e. The number of hydrogen-bond donors (Lipinski definition) is 0. The molecule has 0 saturated carbocycles. The van der Waals surface area contributed by atoms with Gasteiger partial charge in [0, 0.05) is 13.1 Å². The van der Waals surface area contributed by atoms with Crippen molar-refractivity contribution < 1.29 is 13.6 Å². The summed E-state index contributed by atoms with van der Waals surface area (Å²) >= 11 is 13.2. The number of carbonyl (C=O) groups is 1. The molecule has 0 aliphatic carbocycles. The van der Waals surface area contributed by atoms with Crippen molar-refractivity contribution in [2.75, 3.05) is 7.05 Å². The Kier molecular flexibility index (Phi) is 5.13. The molecule has 2 aromatic rings. The minimum Gasteiger partial charge on any atom is -0.290 e. The Labute approximate surface area is 156 Å². The molecule has 2 aromatic carbocycles. The van der Waals surface area contributed by atoms with Crippen LogP contribution in [-0.2, 0) is 4.79 Å². The standard InChI is InChI=1S/C17H10Cl2F2N2OS/c1-23-16(24)14(7-9-3-2-4-11(18)15(9)19)25-17(23)22-13-6-5-10(20)8-12(13)21/h2-8H,1H3/b14-7+,22-17?. The fourth-order valence-corrected chi connectivity index (χ4v) is 3.43. The monoisotopic (exact) mass is 398 g/mol. The molecule has 3 rings (SSSR count). The first-order valence-corrected chi connectivity index (χ1v) is 8.59. The van der Waals surface area contributed by atoms with Crippen LogP contribution in [0.2, 0.25) is 10.0 Å². The predicted octanol–water partition coefficient (Wildman–Crippen LogP) is 5.51. The normalized spacial score (nSPS) is 17.8. The fourth-order valence-electron chi connectivity index (χ4n) is 2.10. The Balaban J connectivity index is 1.96. The third-order valence-corrected chi connectivity index (χ3v) is 5.29. The number of halogens is 4. The summed E-state index contributed by atoms with van der Waals surface area (Å²) in [7, 11) is 1.52. The average molecular weight is 399 g/mol. The number of rotatable bonds is 2. The van der Waals surface area contributed by atoms with Gasteiger partial charge in [-0.05, 0) is 41.6 Å². The molecule has 0 unspecified atom stereocenters. The molecule has 1 aliphatic heterocycles. The maximum absolute atomic E-state index is 13.8. The lowest BCUT2D eigenvalue weighted by Gasteiger charge is -2.07. The maximum Gasteiger partial charge on any atom is 0.266 e. The van der Waals surface area contributed by atoms with Gasteiger partial charge in [-0.2, -0.15) is 0 Å². The van der Waals surface area contributed by atoms with E-state index in [1.54, 1.807) is 24.3 Å². The van der Waals surface area contributed by atoms with Gasteiger partial charge in [0.25, 0.3) is 5.91 Å².